The van der Waals surface area contributed by atoms with Crippen LogP contribution in [0.4, 0.5) is 5.69 Å². The molecule has 6 heteroatoms. The van der Waals surface area contributed by atoms with Crippen molar-refractivity contribution in [3.8, 4) is 5.75 Å². The van der Waals surface area contributed by atoms with Crippen LogP contribution in [-0.2, 0) is 4.74 Å². The molecule has 3 aromatic rings. The van der Waals surface area contributed by atoms with E-state index in [1.54, 1.807) is 18.9 Å². The van der Waals surface area contributed by atoms with E-state index >= 15 is 0 Å². The molecule has 0 amide bonds. The molecule has 1 aliphatic rings. The van der Waals surface area contributed by atoms with Gasteiger partial charge in [-0.2, -0.15) is 0 Å². The van der Waals surface area contributed by atoms with Crippen LogP contribution in [0.3, 0.4) is 0 Å². The van der Waals surface area contributed by atoms with Crippen LogP contribution in [0.1, 0.15) is 17.0 Å². The second kappa shape index (κ2) is 7.66. The lowest BCUT2D eigenvalue weighted by Gasteiger charge is -2.22. The summed E-state index contributed by atoms with van der Waals surface area (Å²) in [6.07, 6.45) is 2.15. The number of thioether (sulfide) groups is 1. The Hall–Kier alpha value is -2.44. The summed E-state index contributed by atoms with van der Waals surface area (Å²) < 4.78 is 12.9. The van der Waals surface area contributed by atoms with Gasteiger partial charge in [0.1, 0.15) is 18.0 Å². The van der Waals surface area contributed by atoms with E-state index in [2.05, 4.69) is 59.0 Å². The van der Waals surface area contributed by atoms with Crippen LogP contribution < -0.4 is 9.64 Å². The van der Waals surface area contributed by atoms with Crippen LogP contribution in [0.15, 0.2) is 48.0 Å². The van der Waals surface area contributed by atoms with E-state index in [0.29, 0.717) is 13.2 Å². The molecule has 2 aromatic heterocycles. The average Bonchev–Trinajstić information content (AvgIpc) is 3.25. The number of anilines is 1. The molecule has 0 radical (unpaired) electrons. The van der Waals surface area contributed by atoms with E-state index in [9.17, 15) is 0 Å². The van der Waals surface area contributed by atoms with Gasteiger partial charge in [0.15, 0.2) is 0 Å². The molecule has 5 nitrogen and oxygen atoms in total. The zero-order valence-electron chi connectivity index (χ0n) is 15.8. The van der Waals surface area contributed by atoms with Crippen LogP contribution in [0.2, 0.25) is 0 Å². The molecule has 0 fully saturated rings. The Morgan fingerprint density at radius 1 is 1.07 bits per heavy atom. The minimum absolute atomic E-state index is 0.556. The Bertz CT molecular complexity index is 979. The van der Waals surface area contributed by atoms with Crippen LogP contribution in [0, 0.1) is 13.8 Å². The molecular weight excluding hydrogens is 358 g/mol. The molecule has 0 unspecified atom stereocenters. The molecule has 4 rings (SSSR count). The molecule has 0 spiro atoms. The quantitative estimate of drug-likeness (QED) is 0.589. The second-order valence-corrected chi connectivity index (χ2v) is 7.37. The zero-order chi connectivity index (χ0) is 18.8. The smallest absolute Gasteiger partial charge is 0.137 e. The molecule has 140 valence electrons. The summed E-state index contributed by atoms with van der Waals surface area (Å²) in [5.41, 5.74) is 6.72. The summed E-state index contributed by atoms with van der Waals surface area (Å²) in [7, 11) is 1.68. The number of nitrogens with zero attached hydrogens (tertiary/aromatic N) is 3. The highest BCUT2D eigenvalue weighted by molar-refractivity contribution is 8.02. The van der Waals surface area contributed by atoms with Crippen molar-refractivity contribution < 1.29 is 9.47 Å². The highest BCUT2D eigenvalue weighted by Crippen LogP contribution is 2.37. The lowest BCUT2D eigenvalue weighted by Crippen LogP contribution is -2.18. The summed E-state index contributed by atoms with van der Waals surface area (Å²) in [6.45, 7) is 5.33. The maximum atomic E-state index is 5.68. The van der Waals surface area contributed by atoms with E-state index in [1.807, 2.05) is 12.1 Å². The van der Waals surface area contributed by atoms with Crippen LogP contribution in [-0.4, -0.2) is 35.6 Å². The fraction of sp³-hybridized carbons (Fsp3) is 0.286. The van der Waals surface area contributed by atoms with Crippen LogP contribution >= 0.6 is 11.8 Å². The van der Waals surface area contributed by atoms with Gasteiger partial charge in [0.25, 0.3) is 0 Å². The number of rotatable bonds is 6. The van der Waals surface area contributed by atoms with Crippen molar-refractivity contribution in [1.29, 1.82) is 0 Å². The summed E-state index contributed by atoms with van der Waals surface area (Å²) in [5, 5.41) is 2.22. The van der Waals surface area contributed by atoms with Crippen molar-refractivity contribution in [2.45, 2.75) is 13.8 Å². The normalized spacial score (nSPS) is 14.0. The van der Waals surface area contributed by atoms with Crippen molar-refractivity contribution in [3.05, 3.63) is 65.0 Å². The number of pyridine rings is 1. The van der Waals surface area contributed by atoms with Gasteiger partial charge in [-0.3, -0.25) is 4.40 Å². The third-order valence-corrected chi connectivity index (χ3v) is 5.37. The molecule has 0 saturated heterocycles. The first kappa shape index (κ1) is 17.9. The van der Waals surface area contributed by atoms with Gasteiger partial charge in [0.2, 0.25) is 0 Å². The fourth-order valence-electron chi connectivity index (χ4n) is 3.26. The van der Waals surface area contributed by atoms with E-state index in [-0.39, 0.29) is 0 Å². The number of aryl methyl sites for hydroxylation is 2. The number of aromatic nitrogens is 2. The molecule has 0 N–H and O–H groups in total. The van der Waals surface area contributed by atoms with E-state index in [1.165, 1.54) is 11.3 Å². The Kier molecular flexibility index (Phi) is 5.09. The molecule has 1 aromatic carbocycles. The highest BCUT2D eigenvalue weighted by atomic mass is 32.2. The van der Waals surface area contributed by atoms with Crippen molar-refractivity contribution in [2.75, 3.05) is 31.1 Å². The monoisotopic (exact) mass is 381 g/mol. The number of methoxy groups -OCH3 is 1. The number of hydrogen-bond acceptors (Lipinski definition) is 5. The van der Waals surface area contributed by atoms with Crippen molar-refractivity contribution in [3.63, 3.8) is 0 Å². The average molecular weight is 382 g/mol. The zero-order valence-corrected chi connectivity index (χ0v) is 16.6. The Labute approximate surface area is 163 Å². The predicted molar refractivity (Wildman–Crippen MR) is 111 cm³/mol. The number of hydrogen-bond donors (Lipinski definition) is 0. The van der Waals surface area contributed by atoms with Crippen molar-refractivity contribution >= 4 is 28.8 Å². The van der Waals surface area contributed by atoms with Gasteiger partial charge in [-0.05, 0) is 55.2 Å². The molecule has 0 atom stereocenters. The van der Waals surface area contributed by atoms with Gasteiger partial charge >= 0.3 is 0 Å². The third-order valence-electron chi connectivity index (χ3n) is 4.58. The molecule has 0 saturated carbocycles. The van der Waals surface area contributed by atoms with Crippen LogP contribution in [0.5, 0.6) is 5.75 Å². The largest absolute Gasteiger partial charge is 0.491 e. The Morgan fingerprint density at radius 3 is 2.67 bits per heavy atom. The topological polar surface area (TPSA) is 39.0 Å². The lowest BCUT2D eigenvalue weighted by molar-refractivity contribution is 0.146. The summed E-state index contributed by atoms with van der Waals surface area (Å²) in [6, 6.07) is 12.4. The fourth-order valence-corrected chi connectivity index (χ4v) is 4.17. The van der Waals surface area contributed by atoms with Gasteiger partial charge in [-0.1, -0.05) is 6.07 Å². The number of ether oxygens (including phenoxy) is 2. The molecule has 3 heterocycles. The summed E-state index contributed by atoms with van der Waals surface area (Å²) >= 11 is 1.80. The van der Waals surface area contributed by atoms with Crippen molar-refractivity contribution in [1.82, 2.24) is 9.38 Å². The first-order valence-electron chi connectivity index (χ1n) is 8.94. The lowest BCUT2D eigenvalue weighted by atomic mass is 10.2. The maximum absolute atomic E-state index is 5.68. The Morgan fingerprint density at radius 2 is 1.89 bits per heavy atom. The minimum atomic E-state index is 0.556. The number of fused-ring (bicyclic) bond motifs is 1. The maximum Gasteiger partial charge on any atom is 0.137 e. The first-order valence-corrected chi connectivity index (χ1v) is 9.99. The number of imidazole rings is 1. The second-order valence-electron chi connectivity index (χ2n) is 6.54. The van der Waals surface area contributed by atoms with Gasteiger partial charge in [0, 0.05) is 19.0 Å². The first-order chi connectivity index (χ1) is 13.2. The van der Waals surface area contributed by atoms with Gasteiger partial charge < -0.3 is 14.4 Å². The van der Waals surface area contributed by atoms with Gasteiger partial charge in [0.05, 0.1) is 29.6 Å². The SMILES string of the molecule is COCCOc1ccc(N2CSC=C2c2c(C)nc3ccc(C)cn23)cc1. The Balaban J connectivity index is 1.63. The highest BCUT2D eigenvalue weighted by Gasteiger charge is 2.24. The van der Waals surface area contributed by atoms with E-state index in [0.717, 1.165) is 34.3 Å². The van der Waals surface area contributed by atoms with Gasteiger partial charge in [-0.25, -0.2) is 4.98 Å². The minimum Gasteiger partial charge on any atom is -0.491 e. The molecule has 27 heavy (non-hydrogen) atoms. The van der Waals surface area contributed by atoms with Gasteiger partial charge in [-0.15, -0.1) is 11.8 Å². The third kappa shape index (κ3) is 3.55. The van der Waals surface area contributed by atoms with E-state index in [4.69, 9.17) is 14.5 Å². The standard InChI is InChI=1S/C21H23N3O2S/c1-15-4-9-20-22-16(2)21(23(20)12-15)19-13-27-14-24(19)17-5-7-18(8-6-17)26-11-10-25-3/h4-9,12-13H,10-11,14H2,1-3H3. The predicted octanol–water partition coefficient (Wildman–Crippen LogP) is 4.49. The molecular formula is C21H23N3O2S. The molecule has 0 aliphatic carbocycles. The summed E-state index contributed by atoms with van der Waals surface area (Å²) in [4.78, 5) is 7.06. The molecule has 1 aliphatic heterocycles. The molecule has 0 bridgehead atoms. The van der Waals surface area contributed by atoms with Crippen LogP contribution in [0.25, 0.3) is 11.3 Å². The summed E-state index contributed by atoms with van der Waals surface area (Å²) in [5.74, 6) is 1.74. The van der Waals surface area contributed by atoms with E-state index < -0.39 is 0 Å². The van der Waals surface area contributed by atoms with Crippen molar-refractivity contribution in [2.24, 2.45) is 0 Å². The number of benzene rings is 1.